The quantitative estimate of drug-likeness (QED) is 0.851. The minimum absolute atomic E-state index is 0.295. The molecule has 116 valence electrons. The van der Waals surface area contributed by atoms with Gasteiger partial charge in [-0.2, -0.15) is 10.1 Å². The molecule has 0 spiro atoms. The molecule has 1 aliphatic heterocycles. The third-order valence-electron chi connectivity index (χ3n) is 3.16. The lowest BCUT2D eigenvalue weighted by Crippen LogP contribution is -2.31. The maximum absolute atomic E-state index is 12.5. The van der Waals surface area contributed by atoms with E-state index in [-0.39, 0.29) is 0 Å². The minimum atomic E-state index is -0.419. The highest BCUT2D eigenvalue weighted by molar-refractivity contribution is 7.10. The summed E-state index contributed by atoms with van der Waals surface area (Å²) in [4.78, 5) is 17.6. The van der Waals surface area contributed by atoms with E-state index >= 15 is 0 Å². The fourth-order valence-corrected chi connectivity index (χ4v) is 3.14. The predicted molar refractivity (Wildman–Crippen MR) is 81.4 cm³/mol. The minimum Gasteiger partial charge on any atom is -0.479 e. The molecule has 3 heterocycles. The zero-order valence-electron chi connectivity index (χ0n) is 12.3. The highest BCUT2D eigenvalue weighted by Gasteiger charge is 2.37. The summed E-state index contributed by atoms with van der Waals surface area (Å²) in [6, 6.07) is 3.48. The van der Waals surface area contributed by atoms with E-state index in [1.165, 1.54) is 6.33 Å². The Morgan fingerprint density at radius 2 is 2.32 bits per heavy atom. The van der Waals surface area contributed by atoms with Gasteiger partial charge in [-0.1, -0.05) is 6.07 Å². The van der Waals surface area contributed by atoms with Crippen LogP contribution < -0.4 is 5.32 Å². The van der Waals surface area contributed by atoms with Crippen molar-refractivity contribution < 1.29 is 14.3 Å². The Balaban J connectivity index is 2.13. The first-order valence-corrected chi connectivity index (χ1v) is 7.88. The monoisotopic (exact) mass is 320 g/mol. The number of nitrogens with zero attached hydrogens (tertiary/aromatic N) is 3. The molecule has 1 aliphatic rings. The summed E-state index contributed by atoms with van der Waals surface area (Å²) >= 11 is 1.54. The Bertz CT molecular complexity index is 693. The van der Waals surface area contributed by atoms with Crippen LogP contribution in [0.15, 0.2) is 35.3 Å². The number of carbonyl (C=O) groups excluding carboxylic acids is 1. The van der Waals surface area contributed by atoms with E-state index in [0.717, 1.165) is 4.88 Å². The van der Waals surface area contributed by atoms with Crippen LogP contribution in [-0.2, 0) is 14.3 Å². The number of ether oxygens (including phenoxy) is 2. The number of aromatic nitrogens is 3. The summed E-state index contributed by atoms with van der Waals surface area (Å²) in [6.07, 6.45) is 1.45. The third-order valence-corrected chi connectivity index (χ3v) is 4.08. The fraction of sp³-hybridized carbons (Fsp3) is 0.357. The van der Waals surface area contributed by atoms with Crippen molar-refractivity contribution in [3.8, 4) is 0 Å². The molecule has 8 heteroatoms. The van der Waals surface area contributed by atoms with Crippen LogP contribution in [0.25, 0.3) is 0 Å². The molecule has 0 radical (unpaired) electrons. The van der Waals surface area contributed by atoms with Crippen molar-refractivity contribution in [2.24, 2.45) is 0 Å². The van der Waals surface area contributed by atoms with E-state index in [1.54, 1.807) is 22.9 Å². The van der Waals surface area contributed by atoms with Crippen LogP contribution in [0.2, 0.25) is 0 Å². The van der Waals surface area contributed by atoms with E-state index in [4.69, 9.17) is 9.47 Å². The smallest absolute Gasteiger partial charge is 0.342 e. The number of nitrogens with one attached hydrogen (secondary N) is 1. The molecule has 22 heavy (non-hydrogen) atoms. The number of esters is 1. The van der Waals surface area contributed by atoms with Gasteiger partial charge in [0.1, 0.15) is 17.9 Å². The lowest BCUT2D eigenvalue weighted by molar-refractivity contribution is -0.139. The van der Waals surface area contributed by atoms with E-state index < -0.39 is 12.0 Å². The Labute approximate surface area is 131 Å². The van der Waals surface area contributed by atoms with Crippen LogP contribution in [0.1, 0.15) is 24.8 Å². The molecule has 1 N–H and O–H groups in total. The van der Waals surface area contributed by atoms with Crippen LogP contribution in [-0.4, -0.2) is 33.9 Å². The van der Waals surface area contributed by atoms with Crippen LogP contribution in [0.4, 0.5) is 5.95 Å². The van der Waals surface area contributed by atoms with Crippen LogP contribution >= 0.6 is 11.3 Å². The normalized spacial score (nSPS) is 16.9. The van der Waals surface area contributed by atoms with Crippen molar-refractivity contribution in [1.82, 2.24) is 14.8 Å². The largest absolute Gasteiger partial charge is 0.479 e. The number of fused-ring (bicyclic) bond motifs is 1. The summed E-state index contributed by atoms with van der Waals surface area (Å²) in [7, 11) is 0. The van der Waals surface area contributed by atoms with Gasteiger partial charge >= 0.3 is 5.97 Å². The molecule has 1 atom stereocenters. The maximum Gasteiger partial charge on any atom is 0.342 e. The first kappa shape index (κ1) is 14.6. The van der Waals surface area contributed by atoms with E-state index in [9.17, 15) is 4.79 Å². The molecule has 0 fully saturated rings. The Morgan fingerprint density at radius 3 is 3.00 bits per heavy atom. The Hall–Kier alpha value is -2.35. The molecule has 0 saturated carbocycles. The van der Waals surface area contributed by atoms with E-state index in [1.807, 2.05) is 24.4 Å². The van der Waals surface area contributed by atoms with Gasteiger partial charge in [0.2, 0.25) is 11.8 Å². The van der Waals surface area contributed by atoms with Gasteiger partial charge in [-0.05, 0) is 25.3 Å². The van der Waals surface area contributed by atoms with Gasteiger partial charge in [0.15, 0.2) is 0 Å². The second-order valence-electron chi connectivity index (χ2n) is 4.47. The number of thiophene rings is 1. The molecule has 0 aromatic carbocycles. The van der Waals surface area contributed by atoms with Gasteiger partial charge in [0.05, 0.1) is 13.2 Å². The molecule has 0 aliphatic carbocycles. The second kappa shape index (κ2) is 6.18. The first-order chi connectivity index (χ1) is 10.8. The van der Waals surface area contributed by atoms with Gasteiger partial charge < -0.3 is 9.47 Å². The van der Waals surface area contributed by atoms with E-state index in [0.29, 0.717) is 30.6 Å². The van der Waals surface area contributed by atoms with Gasteiger partial charge in [0, 0.05) is 4.88 Å². The van der Waals surface area contributed by atoms with Crippen LogP contribution in [0, 0.1) is 0 Å². The summed E-state index contributed by atoms with van der Waals surface area (Å²) < 4.78 is 12.5. The van der Waals surface area contributed by atoms with Crippen molar-refractivity contribution in [1.29, 1.82) is 0 Å². The predicted octanol–water partition coefficient (Wildman–Crippen LogP) is 2.17. The SMILES string of the molecule is CCOC(=O)C1=C(OCC)Nc2ncnn2C1c1cccs1. The molecule has 2 aromatic rings. The molecule has 3 rings (SSSR count). The highest BCUT2D eigenvalue weighted by atomic mass is 32.1. The molecular formula is C14H16N4O3S. The molecule has 1 unspecified atom stereocenters. The maximum atomic E-state index is 12.5. The van der Waals surface area contributed by atoms with Gasteiger partial charge in [-0.15, -0.1) is 11.3 Å². The molecule has 2 aromatic heterocycles. The highest BCUT2D eigenvalue weighted by Crippen LogP contribution is 2.37. The molecule has 7 nitrogen and oxygen atoms in total. The number of rotatable bonds is 5. The van der Waals surface area contributed by atoms with Crippen molar-refractivity contribution in [2.45, 2.75) is 19.9 Å². The standard InChI is InChI=1S/C14H16N4O3S/c1-3-20-12-10(13(19)21-4-2)11(9-6-5-7-22-9)18-14(17-12)15-8-16-18/h5-8,11H,3-4H2,1-2H3,(H,15,16,17). The van der Waals surface area contributed by atoms with E-state index in [2.05, 4.69) is 15.4 Å². The topological polar surface area (TPSA) is 78.3 Å². The van der Waals surface area contributed by atoms with Crippen LogP contribution in [0.3, 0.4) is 0 Å². The van der Waals surface area contributed by atoms with Crippen molar-refractivity contribution in [2.75, 3.05) is 18.5 Å². The summed E-state index contributed by atoms with van der Waals surface area (Å²) in [5, 5.41) is 9.20. The summed E-state index contributed by atoms with van der Waals surface area (Å²) in [5.74, 6) is 0.493. The lowest BCUT2D eigenvalue weighted by atomic mass is 10.0. The average molecular weight is 320 g/mol. The lowest BCUT2D eigenvalue weighted by Gasteiger charge is -2.27. The molecule has 0 saturated heterocycles. The summed E-state index contributed by atoms with van der Waals surface area (Å²) in [6.45, 7) is 4.35. The zero-order chi connectivity index (χ0) is 15.5. The van der Waals surface area contributed by atoms with Crippen molar-refractivity contribution in [3.05, 3.63) is 40.2 Å². The van der Waals surface area contributed by atoms with Gasteiger partial charge in [-0.3, -0.25) is 5.32 Å². The molecule has 0 amide bonds. The second-order valence-corrected chi connectivity index (χ2v) is 5.45. The van der Waals surface area contributed by atoms with Crippen molar-refractivity contribution in [3.63, 3.8) is 0 Å². The Morgan fingerprint density at radius 1 is 1.45 bits per heavy atom. The van der Waals surface area contributed by atoms with Crippen LogP contribution in [0.5, 0.6) is 0 Å². The molecular weight excluding hydrogens is 304 g/mol. The molecule has 0 bridgehead atoms. The third kappa shape index (κ3) is 2.45. The number of hydrogen-bond donors (Lipinski definition) is 1. The van der Waals surface area contributed by atoms with Gasteiger partial charge in [-0.25, -0.2) is 9.48 Å². The Kier molecular flexibility index (Phi) is 4.10. The summed E-state index contributed by atoms with van der Waals surface area (Å²) in [5.41, 5.74) is 0.407. The zero-order valence-corrected chi connectivity index (χ0v) is 13.1. The van der Waals surface area contributed by atoms with Gasteiger partial charge in [0.25, 0.3) is 0 Å². The number of hydrogen-bond acceptors (Lipinski definition) is 7. The number of anilines is 1. The average Bonchev–Trinajstić information content (AvgIpc) is 3.17. The number of carbonyl (C=O) groups is 1. The van der Waals surface area contributed by atoms with Crippen molar-refractivity contribution >= 4 is 23.3 Å². The fourth-order valence-electron chi connectivity index (χ4n) is 2.32. The first-order valence-electron chi connectivity index (χ1n) is 7.00.